The van der Waals surface area contributed by atoms with Gasteiger partial charge in [-0.2, -0.15) is 0 Å². The molecule has 0 heterocycles. The van der Waals surface area contributed by atoms with Crippen LogP contribution in [0.1, 0.15) is 50.2 Å². The first-order valence-corrected chi connectivity index (χ1v) is 8.66. The highest BCUT2D eigenvalue weighted by Gasteiger charge is 2.34. The molecule has 0 fully saturated rings. The number of phenolic OH excluding ortho intramolecular Hbond substituents is 2. The summed E-state index contributed by atoms with van der Waals surface area (Å²) in [7, 11) is 0. The molecule has 1 atom stereocenters. The van der Waals surface area contributed by atoms with Crippen LogP contribution in [0.2, 0.25) is 0 Å². The van der Waals surface area contributed by atoms with Crippen molar-refractivity contribution in [2.75, 3.05) is 0 Å². The molecule has 1 aliphatic carbocycles. The minimum absolute atomic E-state index is 0.0110. The predicted octanol–water partition coefficient (Wildman–Crippen LogP) is 1.28. The van der Waals surface area contributed by atoms with Gasteiger partial charge in [-0.1, -0.05) is 12.1 Å². The Labute approximate surface area is 164 Å². The summed E-state index contributed by atoms with van der Waals surface area (Å²) in [6.45, 7) is -0.0776. The summed E-state index contributed by atoms with van der Waals surface area (Å²) in [5, 5.41) is 40.8. The van der Waals surface area contributed by atoms with Crippen LogP contribution in [0.25, 0.3) is 0 Å². The van der Waals surface area contributed by atoms with Crippen LogP contribution < -0.4 is 5.32 Å². The quantitative estimate of drug-likeness (QED) is 0.394. The van der Waals surface area contributed by atoms with Crippen LogP contribution in [0.5, 0.6) is 11.5 Å². The van der Waals surface area contributed by atoms with E-state index in [1.165, 1.54) is 30.3 Å². The number of nitrogens with one attached hydrogen (secondary N) is 1. The van der Waals surface area contributed by atoms with Crippen LogP contribution in [-0.4, -0.2) is 50.0 Å². The Bertz CT molecular complexity index is 1040. The van der Waals surface area contributed by atoms with Crippen LogP contribution in [0, 0.1) is 0 Å². The number of carbonyl (C=O) groups excluding carboxylic acids is 2. The van der Waals surface area contributed by atoms with Crippen molar-refractivity contribution in [3.63, 3.8) is 0 Å². The van der Waals surface area contributed by atoms with Gasteiger partial charge in [-0.25, -0.2) is 0 Å². The lowest BCUT2D eigenvalue weighted by molar-refractivity contribution is -0.140. The number of carboxylic acid groups (broad SMARTS) is 2. The number of carboxylic acids is 2. The number of phenols is 2. The molecular formula is C20H17NO8. The molecule has 9 heteroatoms. The van der Waals surface area contributed by atoms with Gasteiger partial charge >= 0.3 is 11.9 Å². The molecule has 0 saturated heterocycles. The van der Waals surface area contributed by atoms with Gasteiger partial charge in [0.1, 0.15) is 17.5 Å². The van der Waals surface area contributed by atoms with Crippen LogP contribution in [0.15, 0.2) is 30.3 Å². The molecule has 150 valence electrons. The highest BCUT2D eigenvalue weighted by molar-refractivity contribution is 6.30. The zero-order chi connectivity index (χ0) is 21.3. The van der Waals surface area contributed by atoms with E-state index >= 15 is 0 Å². The third-order valence-electron chi connectivity index (χ3n) is 4.66. The van der Waals surface area contributed by atoms with E-state index in [2.05, 4.69) is 5.32 Å². The molecule has 0 amide bonds. The Morgan fingerprint density at radius 2 is 1.62 bits per heavy atom. The first kappa shape index (κ1) is 20.0. The van der Waals surface area contributed by atoms with Crippen molar-refractivity contribution in [1.82, 2.24) is 5.32 Å². The highest BCUT2D eigenvalue weighted by Crippen LogP contribution is 2.37. The summed E-state index contributed by atoms with van der Waals surface area (Å²) in [6, 6.07) is 5.54. The molecule has 0 aromatic heterocycles. The fourth-order valence-corrected chi connectivity index (χ4v) is 3.26. The van der Waals surface area contributed by atoms with E-state index in [1.54, 1.807) is 0 Å². The summed E-state index contributed by atoms with van der Waals surface area (Å²) >= 11 is 0. The van der Waals surface area contributed by atoms with Crippen LogP contribution in [-0.2, 0) is 16.1 Å². The molecule has 1 unspecified atom stereocenters. The zero-order valence-corrected chi connectivity index (χ0v) is 15.0. The van der Waals surface area contributed by atoms with Crippen molar-refractivity contribution in [2.45, 2.75) is 25.4 Å². The third-order valence-corrected chi connectivity index (χ3v) is 4.66. The lowest BCUT2D eigenvalue weighted by Gasteiger charge is -2.20. The Balaban J connectivity index is 1.90. The van der Waals surface area contributed by atoms with Gasteiger partial charge in [-0.3, -0.25) is 19.2 Å². The normalized spacial score (nSPS) is 13.5. The Kier molecular flexibility index (Phi) is 5.33. The topological polar surface area (TPSA) is 161 Å². The lowest BCUT2D eigenvalue weighted by Crippen LogP contribution is -2.36. The molecule has 0 radical (unpaired) electrons. The van der Waals surface area contributed by atoms with Crippen molar-refractivity contribution < 1.29 is 39.6 Å². The SMILES string of the molecule is O=C(O)CCC(NCc1cc(O)c2c(c1)C(=O)c1cccc(O)c1C2=O)C(=O)O. The molecule has 2 aromatic carbocycles. The zero-order valence-electron chi connectivity index (χ0n) is 15.0. The van der Waals surface area contributed by atoms with Crippen LogP contribution in [0.4, 0.5) is 0 Å². The summed E-state index contributed by atoms with van der Waals surface area (Å²) in [4.78, 5) is 47.4. The first-order valence-electron chi connectivity index (χ1n) is 8.66. The van der Waals surface area contributed by atoms with Crippen molar-refractivity contribution in [3.8, 4) is 11.5 Å². The maximum absolute atomic E-state index is 12.8. The standard InChI is InChI=1S/C20H17NO8/c22-13-3-1-2-10-16(13)19(27)17-11(18(10)26)6-9(7-14(17)23)8-21-12(20(28)29)4-5-15(24)25/h1-3,6-7,12,21-23H,4-5,8H2,(H,24,25)(H,28,29). The molecule has 0 aliphatic heterocycles. The van der Waals surface area contributed by atoms with Gasteiger partial charge in [-0.15, -0.1) is 0 Å². The van der Waals surface area contributed by atoms with E-state index in [1.807, 2.05) is 0 Å². The van der Waals surface area contributed by atoms with Gasteiger partial charge in [0.05, 0.1) is 11.1 Å². The second-order valence-electron chi connectivity index (χ2n) is 6.60. The Hall–Kier alpha value is -3.72. The number of aromatic hydroxyl groups is 2. The van der Waals surface area contributed by atoms with Gasteiger partial charge < -0.3 is 25.7 Å². The molecule has 0 saturated carbocycles. The predicted molar refractivity (Wildman–Crippen MR) is 98.2 cm³/mol. The van der Waals surface area contributed by atoms with Gasteiger partial charge in [0, 0.05) is 24.1 Å². The first-order chi connectivity index (χ1) is 13.7. The lowest BCUT2D eigenvalue weighted by atomic mass is 9.82. The molecule has 29 heavy (non-hydrogen) atoms. The number of carbonyl (C=O) groups is 4. The number of fused-ring (bicyclic) bond motifs is 2. The maximum Gasteiger partial charge on any atom is 0.320 e. The van der Waals surface area contributed by atoms with Gasteiger partial charge in [0.15, 0.2) is 5.78 Å². The highest BCUT2D eigenvalue weighted by atomic mass is 16.4. The molecule has 3 rings (SSSR count). The van der Waals surface area contributed by atoms with E-state index in [0.29, 0.717) is 5.56 Å². The molecule has 9 nitrogen and oxygen atoms in total. The largest absolute Gasteiger partial charge is 0.507 e. The van der Waals surface area contributed by atoms with Crippen molar-refractivity contribution in [1.29, 1.82) is 0 Å². The second-order valence-corrected chi connectivity index (χ2v) is 6.60. The molecule has 2 aromatic rings. The maximum atomic E-state index is 12.8. The number of benzene rings is 2. The van der Waals surface area contributed by atoms with Crippen molar-refractivity contribution in [3.05, 3.63) is 58.1 Å². The van der Waals surface area contributed by atoms with Gasteiger partial charge in [0.25, 0.3) is 0 Å². The average Bonchev–Trinajstić information content (AvgIpc) is 2.65. The summed E-state index contributed by atoms with van der Waals surface area (Å²) < 4.78 is 0. The van der Waals surface area contributed by atoms with E-state index in [-0.39, 0.29) is 47.4 Å². The second kappa shape index (κ2) is 7.72. The van der Waals surface area contributed by atoms with Crippen LogP contribution >= 0.6 is 0 Å². The Morgan fingerprint density at radius 3 is 2.28 bits per heavy atom. The minimum atomic E-state index is -1.23. The van der Waals surface area contributed by atoms with E-state index in [4.69, 9.17) is 5.11 Å². The monoisotopic (exact) mass is 399 g/mol. The summed E-state index contributed by atoms with van der Waals surface area (Å²) in [5.74, 6) is -4.43. The average molecular weight is 399 g/mol. The smallest absolute Gasteiger partial charge is 0.320 e. The molecule has 5 N–H and O–H groups in total. The van der Waals surface area contributed by atoms with E-state index in [0.717, 1.165) is 0 Å². The number of ketones is 2. The van der Waals surface area contributed by atoms with Gasteiger partial charge in [-0.05, 0) is 30.2 Å². The third kappa shape index (κ3) is 3.81. The molecule has 0 spiro atoms. The van der Waals surface area contributed by atoms with Crippen LogP contribution in [0.3, 0.4) is 0 Å². The van der Waals surface area contributed by atoms with E-state index in [9.17, 15) is 34.5 Å². The number of rotatable bonds is 7. The number of hydrogen-bond acceptors (Lipinski definition) is 7. The van der Waals surface area contributed by atoms with Crippen molar-refractivity contribution in [2.24, 2.45) is 0 Å². The fraction of sp³-hybridized carbons (Fsp3) is 0.200. The van der Waals surface area contributed by atoms with E-state index < -0.39 is 35.3 Å². The summed E-state index contributed by atoms with van der Waals surface area (Å²) in [6.07, 6.45) is -0.488. The molecule has 0 bridgehead atoms. The van der Waals surface area contributed by atoms with Gasteiger partial charge in [0.2, 0.25) is 5.78 Å². The fourth-order valence-electron chi connectivity index (χ4n) is 3.26. The molecular weight excluding hydrogens is 382 g/mol. The van der Waals surface area contributed by atoms with Crippen molar-refractivity contribution >= 4 is 23.5 Å². The minimum Gasteiger partial charge on any atom is -0.507 e. The Morgan fingerprint density at radius 1 is 0.931 bits per heavy atom. The number of aliphatic carboxylic acids is 2. The number of hydrogen-bond donors (Lipinski definition) is 5. The summed E-state index contributed by atoms with van der Waals surface area (Å²) in [5.41, 5.74) is -0.106. The molecule has 1 aliphatic rings.